The molecule has 1 aromatic carbocycles. The summed E-state index contributed by atoms with van der Waals surface area (Å²) in [5.74, 6) is 0.567. The summed E-state index contributed by atoms with van der Waals surface area (Å²) in [5.41, 5.74) is 0.921. The van der Waals surface area contributed by atoms with E-state index in [-0.39, 0.29) is 12.5 Å². The first-order chi connectivity index (χ1) is 8.63. The molecule has 0 saturated carbocycles. The van der Waals surface area contributed by atoms with E-state index in [0.717, 1.165) is 12.0 Å². The number of aryl methyl sites for hydroxylation is 1. The van der Waals surface area contributed by atoms with Crippen LogP contribution in [0.4, 0.5) is 0 Å². The van der Waals surface area contributed by atoms with Gasteiger partial charge in [-0.1, -0.05) is 23.8 Å². The van der Waals surface area contributed by atoms with Crippen LogP contribution in [0, 0.1) is 6.92 Å². The minimum atomic E-state index is -0.117. The SMILES string of the molecule is C/C=C/CCNC(=O)COc1ccc(Cl)cc1C. The molecule has 1 amide bonds. The second-order valence-electron chi connectivity index (χ2n) is 3.91. The molecule has 0 aliphatic carbocycles. The smallest absolute Gasteiger partial charge is 0.257 e. The topological polar surface area (TPSA) is 38.3 Å². The molecule has 0 radical (unpaired) electrons. The number of rotatable bonds is 6. The summed E-state index contributed by atoms with van der Waals surface area (Å²) in [7, 11) is 0. The van der Waals surface area contributed by atoms with E-state index >= 15 is 0 Å². The van der Waals surface area contributed by atoms with Crippen LogP contribution in [-0.2, 0) is 4.79 Å². The summed E-state index contributed by atoms with van der Waals surface area (Å²) in [6, 6.07) is 5.32. The van der Waals surface area contributed by atoms with E-state index < -0.39 is 0 Å². The molecular weight excluding hydrogens is 250 g/mol. The lowest BCUT2D eigenvalue weighted by Gasteiger charge is -2.09. The summed E-state index contributed by atoms with van der Waals surface area (Å²) in [6.07, 6.45) is 4.80. The average Bonchev–Trinajstić information content (AvgIpc) is 2.33. The van der Waals surface area contributed by atoms with E-state index in [1.165, 1.54) is 0 Å². The number of ether oxygens (including phenoxy) is 1. The van der Waals surface area contributed by atoms with Gasteiger partial charge in [-0.2, -0.15) is 0 Å². The fraction of sp³-hybridized carbons (Fsp3) is 0.357. The molecule has 0 spiro atoms. The number of carbonyl (C=O) groups is 1. The number of halogens is 1. The van der Waals surface area contributed by atoms with Crippen molar-refractivity contribution in [2.75, 3.05) is 13.2 Å². The van der Waals surface area contributed by atoms with Crippen LogP contribution in [0.3, 0.4) is 0 Å². The van der Waals surface area contributed by atoms with Crippen molar-refractivity contribution in [1.29, 1.82) is 0 Å². The first-order valence-electron chi connectivity index (χ1n) is 5.90. The molecule has 0 unspecified atom stereocenters. The van der Waals surface area contributed by atoms with Gasteiger partial charge in [0.05, 0.1) is 0 Å². The Morgan fingerprint density at radius 2 is 2.28 bits per heavy atom. The largest absolute Gasteiger partial charge is 0.484 e. The fourth-order valence-electron chi connectivity index (χ4n) is 1.43. The van der Waals surface area contributed by atoms with Crippen LogP contribution in [0.15, 0.2) is 30.4 Å². The van der Waals surface area contributed by atoms with Crippen LogP contribution < -0.4 is 10.1 Å². The van der Waals surface area contributed by atoms with Gasteiger partial charge in [-0.15, -0.1) is 0 Å². The predicted octanol–water partition coefficient (Wildman–Crippen LogP) is 3.11. The Morgan fingerprint density at radius 1 is 1.50 bits per heavy atom. The van der Waals surface area contributed by atoms with Crippen molar-refractivity contribution in [3.8, 4) is 5.75 Å². The highest BCUT2D eigenvalue weighted by Crippen LogP contribution is 2.21. The lowest BCUT2D eigenvalue weighted by molar-refractivity contribution is -0.123. The third-order valence-electron chi connectivity index (χ3n) is 2.36. The van der Waals surface area contributed by atoms with E-state index in [1.807, 2.05) is 26.0 Å². The molecular formula is C14H18ClNO2. The predicted molar refractivity (Wildman–Crippen MR) is 74.1 cm³/mol. The standard InChI is InChI=1S/C14H18ClNO2/c1-3-4-5-8-16-14(17)10-18-13-7-6-12(15)9-11(13)2/h3-4,6-7,9H,5,8,10H2,1-2H3,(H,16,17)/b4-3+. The first kappa shape index (κ1) is 14.6. The van der Waals surface area contributed by atoms with Gasteiger partial charge in [-0.05, 0) is 44.0 Å². The average molecular weight is 268 g/mol. The quantitative estimate of drug-likeness (QED) is 0.635. The summed E-state index contributed by atoms with van der Waals surface area (Å²) >= 11 is 5.84. The van der Waals surface area contributed by atoms with Crippen molar-refractivity contribution in [3.05, 3.63) is 40.9 Å². The maximum Gasteiger partial charge on any atom is 0.257 e. The van der Waals surface area contributed by atoms with Crippen molar-refractivity contribution in [2.24, 2.45) is 0 Å². The summed E-state index contributed by atoms with van der Waals surface area (Å²) in [6.45, 7) is 4.50. The molecule has 4 heteroatoms. The number of nitrogens with one attached hydrogen (secondary N) is 1. The molecule has 0 heterocycles. The highest BCUT2D eigenvalue weighted by Gasteiger charge is 2.04. The number of allylic oxidation sites excluding steroid dienone is 1. The second kappa shape index (κ2) is 7.77. The molecule has 18 heavy (non-hydrogen) atoms. The third-order valence-corrected chi connectivity index (χ3v) is 2.60. The highest BCUT2D eigenvalue weighted by molar-refractivity contribution is 6.30. The van der Waals surface area contributed by atoms with Gasteiger partial charge in [-0.3, -0.25) is 4.79 Å². The van der Waals surface area contributed by atoms with E-state index in [0.29, 0.717) is 17.3 Å². The van der Waals surface area contributed by atoms with Crippen molar-refractivity contribution >= 4 is 17.5 Å². The van der Waals surface area contributed by atoms with Crippen molar-refractivity contribution in [3.63, 3.8) is 0 Å². The minimum absolute atomic E-state index is 0.0261. The molecule has 0 bridgehead atoms. The van der Waals surface area contributed by atoms with Gasteiger partial charge >= 0.3 is 0 Å². The number of benzene rings is 1. The number of hydrogen-bond donors (Lipinski definition) is 1. The molecule has 1 aromatic rings. The van der Waals surface area contributed by atoms with Gasteiger partial charge in [0.1, 0.15) is 5.75 Å². The normalized spacial score (nSPS) is 10.6. The summed E-state index contributed by atoms with van der Waals surface area (Å²) < 4.78 is 5.42. The molecule has 1 N–H and O–H groups in total. The molecule has 3 nitrogen and oxygen atoms in total. The lowest BCUT2D eigenvalue weighted by Crippen LogP contribution is -2.29. The third kappa shape index (κ3) is 5.23. The Kier molecular flexibility index (Phi) is 6.29. The van der Waals surface area contributed by atoms with Crippen LogP contribution in [0.25, 0.3) is 0 Å². The lowest BCUT2D eigenvalue weighted by atomic mass is 10.2. The molecule has 98 valence electrons. The molecule has 0 atom stereocenters. The van der Waals surface area contributed by atoms with Crippen molar-refractivity contribution in [2.45, 2.75) is 20.3 Å². The molecule has 0 saturated heterocycles. The zero-order valence-electron chi connectivity index (χ0n) is 10.7. The van der Waals surface area contributed by atoms with Gasteiger partial charge in [0.15, 0.2) is 6.61 Å². The summed E-state index contributed by atoms with van der Waals surface area (Å²) in [4.78, 5) is 11.5. The van der Waals surface area contributed by atoms with Crippen molar-refractivity contribution < 1.29 is 9.53 Å². The molecule has 1 rings (SSSR count). The van der Waals surface area contributed by atoms with Crippen LogP contribution in [0.1, 0.15) is 18.9 Å². The molecule has 0 aliphatic heterocycles. The van der Waals surface area contributed by atoms with Gasteiger partial charge < -0.3 is 10.1 Å². The Balaban J connectivity index is 2.33. The minimum Gasteiger partial charge on any atom is -0.484 e. The first-order valence-corrected chi connectivity index (χ1v) is 6.28. The Hall–Kier alpha value is -1.48. The van der Waals surface area contributed by atoms with E-state index in [4.69, 9.17) is 16.3 Å². The van der Waals surface area contributed by atoms with Crippen LogP contribution in [-0.4, -0.2) is 19.1 Å². The second-order valence-corrected chi connectivity index (χ2v) is 4.34. The number of carbonyl (C=O) groups excluding carboxylic acids is 1. The van der Waals surface area contributed by atoms with Crippen molar-refractivity contribution in [1.82, 2.24) is 5.32 Å². The maximum absolute atomic E-state index is 11.5. The van der Waals surface area contributed by atoms with E-state index in [2.05, 4.69) is 5.32 Å². The van der Waals surface area contributed by atoms with E-state index in [9.17, 15) is 4.79 Å². The molecule has 0 aromatic heterocycles. The maximum atomic E-state index is 11.5. The number of amides is 1. The Bertz CT molecular complexity index is 430. The zero-order chi connectivity index (χ0) is 13.4. The van der Waals surface area contributed by atoms with Gasteiger partial charge in [-0.25, -0.2) is 0 Å². The number of hydrogen-bond acceptors (Lipinski definition) is 2. The van der Waals surface area contributed by atoms with E-state index in [1.54, 1.807) is 18.2 Å². The van der Waals surface area contributed by atoms with Gasteiger partial charge in [0.2, 0.25) is 0 Å². The Labute approximate surface area is 113 Å². The highest BCUT2D eigenvalue weighted by atomic mass is 35.5. The zero-order valence-corrected chi connectivity index (χ0v) is 11.5. The van der Waals surface area contributed by atoms with Crippen LogP contribution in [0.5, 0.6) is 5.75 Å². The van der Waals surface area contributed by atoms with Gasteiger partial charge in [0, 0.05) is 11.6 Å². The molecule has 0 fully saturated rings. The Morgan fingerprint density at radius 3 is 2.94 bits per heavy atom. The monoisotopic (exact) mass is 267 g/mol. The summed E-state index contributed by atoms with van der Waals surface area (Å²) in [5, 5.41) is 3.44. The fourth-order valence-corrected chi connectivity index (χ4v) is 1.66. The van der Waals surface area contributed by atoms with Gasteiger partial charge in [0.25, 0.3) is 5.91 Å². The van der Waals surface area contributed by atoms with Crippen LogP contribution >= 0.6 is 11.6 Å². The van der Waals surface area contributed by atoms with Crippen LogP contribution in [0.2, 0.25) is 5.02 Å². The molecule has 0 aliphatic rings.